The van der Waals surface area contributed by atoms with Gasteiger partial charge in [0.25, 0.3) is 0 Å². The van der Waals surface area contributed by atoms with Gasteiger partial charge >= 0.3 is 12.3 Å². The summed E-state index contributed by atoms with van der Waals surface area (Å²) in [5, 5.41) is 7.63. The van der Waals surface area contributed by atoms with Gasteiger partial charge in [0, 0.05) is 37.4 Å². The van der Waals surface area contributed by atoms with Crippen LogP contribution in [0.25, 0.3) is 0 Å². The third kappa shape index (κ3) is 10.4. The van der Waals surface area contributed by atoms with Gasteiger partial charge < -0.3 is 30.2 Å². The van der Waals surface area contributed by atoms with E-state index in [1.54, 1.807) is 23.5 Å². The fraction of sp³-hybridized carbons (Fsp3) is 0.533. The van der Waals surface area contributed by atoms with Crippen LogP contribution in [0.3, 0.4) is 0 Å². The predicted octanol–water partition coefficient (Wildman–Crippen LogP) is 5.08. The number of ether oxygens (including phenoxy) is 3. The van der Waals surface area contributed by atoms with Gasteiger partial charge in [0.05, 0.1) is 18.8 Å². The Labute approximate surface area is 246 Å². The van der Waals surface area contributed by atoms with Gasteiger partial charge in [0.15, 0.2) is 0 Å². The van der Waals surface area contributed by atoms with Crippen LogP contribution in [-0.4, -0.2) is 69.8 Å². The Bertz CT molecular complexity index is 1200. The predicted molar refractivity (Wildman–Crippen MR) is 148 cm³/mol. The molecule has 0 aliphatic carbocycles. The molecule has 2 heterocycles. The first kappa shape index (κ1) is 32.6. The highest BCUT2D eigenvalue weighted by molar-refractivity contribution is 5.92. The number of hydrogen-bond donors (Lipinski definition) is 3. The first-order valence-corrected chi connectivity index (χ1v) is 14.3. The second-order valence-electron chi connectivity index (χ2n) is 10.8. The van der Waals surface area contributed by atoms with E-state index in [1.807, 2.05) is 0 Å². The maximum Gasteiger partial charge on any atom is 0.407 e. The lowest BCUT2D eigenvalue weighted by atomic mass is 9.79. The summed E-state index contributed by atoms with van der Waals surface area (Å²) in [6.07, 6.45) is -3.58. The van der Waals surface area contributed by atoms with E-state index < -0.39 is 30.7 Å². The van der Waals surface area contributed by atoms with Gasteiger partial charge in [-0.3, -0.25) is 4.79 Å². The van der Waals surface area contributed by atoms with Crippen LogP contribution in [0.1, 0.15) is 42.7 Å². The van der Waals surface area contributed by atoms with Crippen LogP contribution in [0.2, 0.25) is 0 Å². The van der Waals surface area contributed by atoms with Crippen molar-refractivity contribution in [3.05, 3.63) is 65.2 Å². The van der Waals surface area contributed by atoms with E-state index in [0.717, 1.165) is 18.4 Å². The van der Waals surface area contributed by atoms with E-state index in [1.165, 1.54) is 24.3 Å². The average molecular weight is 614 g/mol. The Morgan fingerprint density at radius 1 is 1.07 bits per heavy atom. The largest absolute Gasteiger partial charge is 0.448 e. The molecular weight excluding hydrogens is 577 g/mol. The van der Waals surface area contributed by atoms with Gasteiger partial charge in [-0.2, -0.15) is 13.2 Å². The number of nitrogens with one attached hydrogen (secondary N) is 3. The summed E-state index contributed by atoms with van der Waals surface area (Å²) in [5.41, 5.74) is 1.58. The number of hydrogen-bond acceptors (Lipinski definition) is 6. The minimum absolute atomic E-state index is 0.143. The number of amides is 2. The number of alkyl halides is 3. The summed E-state index contributed by atoms with van der Waals surface area (Å²) in [6.45, 7) is 0.0503. The van der Waals surface area contributed by atoms with Crippen LogP contribution in [0, 0.1) is 17.6 Å². The van der Waals surface area contributed by atoms with Crippen molar-refractivity contribution in [3.63, 3.8) is 0 Å². The molecule has 3 N–H and O–H groups in total. The van der Waals surface area contributed by atoms with Crippen molar-refractivity contribution in [2.75, 3.05) is 44.8 Å². The fourth-order valence-corrected chi connectivity index (χ4v) is 5.38. The highest BCUT2D eigenvalue weighted by Gasteiger charge is 2.30. The maximum absolute atomic E-state index is 14.9. The minimum atomic E-state index is -4.53. The number of anilines is 1. The van der Waals surface area contributed by atoms with Crippen LogP contribution >= 0.6 is 0 Å². The summed E-state index contributed by atoms with van der Waals surface area (Å²) in [4.78, 5) is 24.7. The van der Waals surface area contributed by atoms with Crippen molar-refractivity contribution in [1.29, 1.82) is 0 Å². The molecule has 2 saturated heterocycles. The number of carbonyl (C=O) groups is 2. The van der Waals surface area contributed by atoms with E-state index in [0.29, 0.717) is 37.4 Å². The molecule has 0 radical (unpaired) electrons. The van der Waals surface area contributed by atoms with Crippen molar-refractivity contribution >= 4 is 17.7 Å². The Balaban J connectivity index is 1.28. The lowest BCUT2D eigenvalue weighted by molar-refractivity contribution is -0.124. The second-order valence-corrected chi connectivity index (χ2v) is 10.8. The lowest BCUT2D eigenvalue weighted by Crippen LogP contribution is -2.49. The second kappa shape index (κ2) is 15.4. The zero-order valence-corrected chi connectivity index (χ0v) is 23.6. The van der Waals surface area contributed by atoms with Crippen LogP contribution in [0.5, 0.6) is 0 Å². The molecule has 0 aromatic heterocycles. The molecule has 2 aliphatic rings. The molecule has 13 heteroatoms. The van der Waals surface area contributed by atoms with Crippen LogP contribution < -0.4 is 16.0 Å². The number of carbonyl (C=O) groups excluding carboxylic acids is 2. The Morgan fingerprint density at radius 3 is 2.49 bits per heavy atom. The van der Waals surface area contributed by atoms with E-state index in [-0.39, 0.29) is 55.7 Å². The Kier molecular flexibility index (Phi) is 11.7. The minimum Gasteiger partial charge on any atom is -0.448 e. The van der Waals surface area contributed by atoms with Gasteiger partial charge in [-0.25, -0.2) is 13.6 Å². The molecule has 2 aromatic rings. The standard InChI is InChI=1S/C30H36F5N3O5/c31-21-6-4-19(5-7-21)25(20-10-12-41-13-11-20)14-28(39)38-27-3-1-2-26(32)24(27)9-8-23-15-36-22(16-42-23)17-43-29(40)37-18-30(33,34)35/h1-7,20,22-23,25,36H,8-18H2,(H,37,40)(H,38,39)/t22-,23+,25-/m0/s1. The molecule has 3 atom stereocenters. The quantitative estimate of drug-likeness (QED) is 0.306. The molecule has 2 fully saturated rings. The lowest BCUT2D eigenvalue weighted by Gasteiger charge is -2.31. The van der Waals surface area contributed by atoms with Crippen LogP contribution in [0.4, 0.5) is 32.4 Å². The zero-order chi connectivity index (χ0) is 30.8. The highest BCUT2D eigenvalue weighted by Crippen LogP contribution is 2.35. The summed E-state index contributed by atoms with van der Waals surface area (Å²) in [7, 11) is 0. The van der Waals surface area contributed by atoms with Crippen molar-refractivity contribution in [1.82, 2.24) is 10.6 Å². The normalized spacial score (nSPS) is 20.3. The first-order valence-electron chi connectivity index (χ1n) is 14.3. The van der Waals surface area contributed by atoms with Crippen molar-refractivity contribution in [2.24, 2.45) is 5.92 Å². The molecule has 2 aliphatic heterocycles. The van der Waals surface area contributed by atoms with E-state index in [4.69, 9.17) is 14.2 Å². The van der Waals surface area contributed by atoms with E-state index >= 15 is 0 Å². The van der Waals surface area contributed by atoms with Crippen molar-refractivity contribution in [2.45, 2.75) is 56.3 Å². The third-order valence-corrected chi connectivity index (χ3v) is 7.66. The van der Waals surface area contributed by atoms with Crippen LogP contribution in [-0.2, 0) is 25.4 Å². The third-order valence-electron chi connectivity index (χ3n) is 7.66. The maximum atomic E-state index is 14.9. The summed E-state index contributed by atoms with van der Waals surface area (Å²) in [6, 6.07) is 10.3. The summed E-state index contributed by atoms with van der Waals surface area (Å²) in [5.74, 6) is -1.04. The molecule has 2 amide bonds. The SMILES string of the molecule is O=C(C[C@@H](c1ccc(F)cc1)C1CCOCC1)Nc1cccc(F)c1CC[C@@H]1CN[C@H](COC(=O)NCC(F)(F)F)CO1. The summed E-state index contributed by atoms with van der Waals surface area (Å²) >= 11 is 0. The van der Waals surface area contributed by atoms with E-state index in [2.05, 4.69) is 10.6 Å². The molecule has 0 unspecified atom stereocenters. The Hall–Kier alpha value is -3.29. The molecule has 0 bridgehead atoms. The molecular formula is C30H36F5N3O5. The van der Waals surface area contributed by atoms with Gasteiger partial charge in [0.2, 0.25) is 5.91 Å². The average Bonchev–Trinajstić information content (AvgIpc) is 2.99. The molecule has 0 spiro atoms. The van der Waals surface area contributed by atoms with Gasteiger partial charge in [-0.05, 0) is 67.3 Å². The molecule has 2 aromatic carbocycles. The fourth-order valence-electron chi connectivity index (χ4n) is 5.38. The molecule has 0 saturated carbocycles. The monoisotopic (exact) mass is 613 g/mol. The number of rotatable bonds is 11. The molecule has 4 rings (SSSR count). The molecule has 8 nitrogen and oxygen atoms in total. The van der Waals surface area contributed by atoms with Crippen molar-refractivity contribution < 1.29 is 45.8 Å². The molecule has 236 valence electrons. The number of morpholine rings is 1. The number of benzene rings is 2. The Morgan fingerprint density at radius 2 is 1.81 bits per heavy atom. The smallest absolute Gasteiger partial charge is 0.407 e. The van der Waals surface area contributed by atoms with Gasteiger partial charge in [-0.1, -0.05) is 18.2 Å². The number of alkyl carbamates (subject to hydrolysis) is 1. The number of halogens is 5. The highest BCUT2D eigenvalue weighted by atomic mass is 19.4. The van der Waals surface area contributed by atoms with Gasteiger partial charge in [-0.15, -0.1) is 0 Å². The van der Waals surface area contributed by atoms with E-state index in [9.17, 15) is 31.5 Å². The van der Waals surface area contributed by atoms with Crippen molar-refractivity contribution in [3.8, 4) is 0 Å². The summed E-state index contributed by atoms with van der Waals surface area (Å²) < 4.78 is 81.1. The first-order chi connectivity index (χ1) is 20.6. The molecule has 43 heavy (non-hydrogen) atoms. The zero-order valence-electron chi connectivity index (χ0n) is 23.6. The van der Waals surface area contributed by atoms with Crippen LogP contribution in [0.15, 0.2) is 42.5 Å². The van der Waals surface area contributed by atoms with Gasteiger partial charge in [0.1, 0.15) is 24.8 Å². The topological polar surface area (TPSA) is 97.9 Å².